The fraction of sp³-hybridized carbons (Fsp3) is 0.152. The Hall–Kier alpha value is -13.0. The van der Waals surface area contributed by atoms with E-state index >= 15 is 0 Å². The van der Waals surface area contributed by atoms with Crippen molar-refractivity contribution in [3.05, 3.63) is 233 Å². The fourth-order valence-electron chi connectivity index (χ4n) is 9.12. The molecule has 0 saturated heterocycles. The third kappa shape index (κ3) is 24.3. The SMILES string of the molecule is CN(C)c1ccc(-n2c(-c3nonc3N)noc2=O)cc1Cl.CN(C)c1ccc(N=C(NO)c2nonc2N)cc1Cl.C[N+](C)(C)c1ccc(-n2c(-c3nonc3N)noc2=O)cc1Cl.C[N+](C)(C)c1ccc([N+](=O)[O-])cc1Cl.Nc1ccc([18F])c(Cl)c1.Nc1nonc1C(=Nc1ccc([18F])c(Cl)c1)NO.O=[N+]([O-])c1ccc([18F])c(Cl)c1. The highest BCUT2D eigenvalue weighted by Crippen LogP contribution is 2.35. The van der Waals surface area contributed by atoms with Gasteiger partial charge in [-0.2, -0.15) is 0 Å². The van der Waals surface area contributed by atoms with Crippen LogP contribution in [0.4, 0.5) is 87.6 Å². The number of anilines is 7. The van der Waals surface area contributed by atoms with E-state index in [0.29, 0.717) is 57.5 Å². The lowest BCUT2D eigenvalue weighted by atomic mass is 10.2. The maximum absolute atomic E-state index is 13.0. The van der Waals surface area contributed by atoms with E-state index in [0.717, 1.165) is 47.0 Å². The average Bonchev–Trinajstić information content (AvgIpc) is 1.78. The second-order valence-electron chi connectivity index (χ2n) is 25.1. The van der Waals surface area contributed by atoms with Crippen molar-refractivity contribution in [2.45, 2.75) is 0 Å². The summed E-state index contributed by atoms with van der Waals surface area (Å²) in [6.07, 6.45) is 0. The summed E-state index contributed by atoms with van der Waals surface area (Å²) in [6, 6.07) is 30.8. The topological polar surface area (TPSA) is 564 Å². The monoisotopic (exact) mass is 1760 g/mol. The van der Waals surface area contributed by atoms with Crippen LogP contribution in [0.15, 0.2) is 175 Å². The molecule has 117 heavy (non-hydrogen) atoms. The van der Waals surface area contributed by atoms with Crippen molar-refractivity contribution in [3.8, 4) is 34.4 Å². The molecule has 41 nitrogen and oxygen atoms in total. The van der Waals surface area contributed by atoms with Crippen LogP contribution in [0, 0.1) is 37.7 Å². The van der Waals surface area contributed by atoms with E-state index in [-0.39, 0.29) is 95.8 Å². The van der Waals surface area contributed by atoms with Crippen molar-refractivity contribution in [3.63, 3.8) is 0 Å². The van der Waals surface area contributed by atoms with E-state index in [1.165, 1.54) is 51.6 Å². The van der Waals surface area contributed by atoms with Gasteiger partial charge in [0.25, 0.3) is 11.4 Å². The third-order valence-electron chi connectivity index (χ3n) is 14.7. The van der Waals surface area contributed by atoms with E-state index in [1.807, 2.05) is 91.8 Å². The molecule has 0 aliphatic heterocycles. The van der Waals surface area contributed by atoms with E-state index in [2.05, 4.69) is 84.6 Å². The lowest BCUT2D eigenvalue weighted by Crippen LogP contribution is -2.35. The molecule has 6 aromatic heterocycles. The summed E-state index contributed by atoms with van der Waals surface area (Å²) in [5, 5.41) is 75.5. The number of nitrogens with one attached hydrogen (secondary N) is 2. The molecule has 0 aliphatic carbocycles. The minimum atomic E-state index is -0.703. The number of nitrogens with zero attached hydrogens (tertiary/aromatic N) is 20. The summed E-state index contributed by atoms with van der Waals surface area (Å²) in [6.45, 7) is 0. The summed E-state index contributed by atoms with van der Waals surface area (Å²) in [5.74, 6) is -3.03. The molecular weight excluding hydrogens is 1700 g/mol. The highest BCUT2D eigenvalue weighted by Gasteiger charge is 2.27. The Kier molecular flexibility index (Phi) is 31.4. The smallest absolute Gasteiger partial charge is 0.399 e. The minimum absolute atomic E-state index is 0.00104. The Morgan fingerprint density at radius 2 is 0.786 bits per heavy atom. The Bertz CT molecular complexity index is 5840. The van der Waals surface area contributed by atoms with Crippen LogP contribution in [0.25, 0.3) is 34.4 Å². The van der Waals surface area contributed by atoms with Crippen LogP contribution >= 0.6 is 81.2 Å². The van der Waals surface area contributed by atoms with E-state index in [4.69, 9.17) is 125 Å². The number of benzene rings is 7. The van der Waals surface area contributed by atoms with Gasteiger partial charge in [0.1, 0.15) is 27.5 Å². The molecule has 0 unspecified atom stereocenters. The predicted octanol–water partition coefficient (Wildman–Crippen LogP) is 12.3. The number of nitrogen functional groups attached to an aromatic ring is 5. The molecule has 0 spiro atoms. The molecule has 0 fully saturated rings. The van der Waals surface area contributed by atoms with Gasteiger partial charge in [-0.15, -0.1) is 0 Å². The van der Waals surface area contributed by atoms with Crippen molar-refractivity contribution in [2.24, 2.45) is 9.98 Å². The van der Waals surface area contributed by atoms with Gasteiger partial charge < -0.3 is 38.5 Å². The Balaban J connectivity index is 0.000000192. The summed E-state index contributed by atoms with van der Waals surface area (Å²) in [7, 11) is 19.3. The van der Waals surface area contributed by atoms with Gasteiger partial charge in [-0.3, -0.25) is 59.6 Å². The molecule has 0 atom stereocenters. The molecule has 0 saturated carbocycles. The Labute approximate surface area is 691 Å². The second kappa shape index (κ2) is 40.3. The molecule has 0 radical (unpaired) electrons. The number of nitro groups is 2. The number of halogens is 10. The Morgan fingerprint density at radius 3 is 1.13 bits per heavy atom. The quantitative estimate of drug-likeness (QED) is 0.0122. The van der Waals surface area contributed by atoms with Crippen molar-refractivity contribution in [1.29, 1.82) is 0 Å². The van der Waals surface area contributed by atoms with Gasteiger partial charge in [0, 0.05) is 70.3 Å². The number of quaternary nitrogens is 2. The minimum Gasteiger partial charge on any atom is -0.399 e. The van der Waals surface area contributed by atoms with Gasteiger partial charge in [-0.1, -0.05) is 91.5 Å². The zero-order valence-electron chi connectivity index (χ0n) is 62.0. The van der Waals surface area contributed by atoms with Crippen molar-refractivity contribution in [1.82, 2.24) is 80.6 Å². The van der Waals surface area contributed by atoms with E-state index in [1.54, 1.807) is 60.1 Å². The highest BCUT2D eigenvalue weighted by atomic mass is 35.5. The number of nitro benzene ring substituents is 2. The molecule has 7 aromatic carbocycles. The zero-order chi connectivity index (χ0) is 86.7. The number of amidine groups is 2. The number of hydrogen-bond acceptors (Lipinski definition) is 33. The summed E-state index contributed by atoms with van der Waals surface area (Å²) in [5.41, 5.74) is 37.0. The number of aliphatic imine (C=N–C) groups is 2. The predicted molar refractivity (Wildman–Crippen MR) is 432 cm³/mol. The van der Waals surface area contributed by atoms with Crippen LogP contribution in [-0.2, 0) is 0 Å². The molecule has 0 aliphatic rings. The first-order valence-electron chi connectivity index (χ1n) is 32.1. The zero-order valence-corrected chi connectivity index (χ0v) is 67.3. The Morgan fingerprint density at radius 1 is 0.444 bits per heavy atom. The maximum atomic E-state index is 13.0. The summed E-state index contributed by atoms with van der Waals surface area (Å²) in [4.78, 5) is 55.2. The number of nitrogens with two attached hydrogens (primary N) is 5. The van der Waals surface area contributed by atoms with Crippen LogP contribution in [0.3, 0.4) is 0 Å². The molecule has 14 N–H and O–H groups in total. The summed E-state index contributed by atoms with van der Waals surface area (Å²) < 4.78 is 68.4. The van der Waals surface area contributed by atoms with Gasteiger partial charge >= 0.3 is 11.5 Å². The average molecular weight is 1760 g/mol. The first kappa shape index (κ1) is 91.2. The van der Waals surface area contributed by atoms with Crippen LogP contribution < -0.4 is 69.9 Å². The van der Waals surface area contributed by atoms with Crippen LogP contribution in [0.1, 0.15) is 11.4 Å². The van der Waals surface area contributed by atoms with E-state index < -0.39 is 38.8 Å². The molecule has 13 aromatic rings. The number of hydrogen-bond donors (Lipinski definition) is 9. The largest absolute Gasteiger partial charge is 0.446 e. The first-order valence-corrected chi connectivity index (χ1v) is 34.8. The summed E-state index contributed by atoms with van der Waals surface area (Å²) >= 11 is 40.9. The molecule has 616 valence electrons. The molecule has 13 rings (SSSR count). The first-order chi connectivity index (χ1) is 55.0. The van der Waals surface area contributed by atoms with Gasteiger partial charge in [-0.25, -0.2) is 60.4 Å². The third-order valence-corrected chi connectivity index (χ3v) is 16.7. The number of rotatable bonds is 14. The van der Waals surface area contributed by atoms with Gasteiger partial charge in [-0.05, 0) is 132 Å². The van der Waals surface area contributed by atoms with Crippen molar-refractivity contribution in [2.75, 3.05) is 109 Å². The molecule has 0 amide bonds. The van der Waals surface area contributed by atoms with Crippen LogP contribution in [0.2, 0.25) is 35.2 Å². The normalized spacial score (nSPS) is 11.1. The second-order valence-corrected chi connectivity index (χ2v) is 27.9. The number of hydroxylamine groups is 2. The van der Waals surface area contributed by atoms with Crippen LogP contribution in [0.5, 0.6) is 0 Å². The van der Waals surface area contributed by atoms with Gasteiger partial charge in [0.2, 0.25) is 11.6 Å². The fourth-order valence-corrected chi connectivity index (χ4v) is 11.2. The van der Waals surface area contributed by atoms with Crippen LogP contribution in [-0.4, -0.2) is 163 Å². The maximum Gasteiger partial charge on any atom is 0.446 e. The highest BCUT2D eigenvalue weighted by molar-refractivity contribution is 6.35. The lowest BCUT2D eigenvalue weighted by Gasteiger charge is -2.24. The van der Waals surface area contributed by atoms with E-state index in [9.17, 15) is 43.0 Å². The van der Waals surface area contributed by atoms with Gasteiger partial charge in [0.15, 0.2) is 69.1 Å². The number of aromatic nitrogens is 12. The molecule has 51 heteroatoms. The van der Waals surface area contributed by atoms with Gasteiger partial charge in [0.05, 0.1) is 111 Å². The van der Waals surface area contributed by atoms with Crippen molar-refractivity contribution < 1.29 is 61.0 Å². The lowest BCUT2D eigenvalue weighted by molar-refractivity contribution is -0.385. The molecular formula is C66H65Cl7F3N27O14+2. The molecule has 0 bridgehead atoms. The van der Waals surface area contributed by atoms with Crippen molar-refractivity contribution >= 4 is 167 Å². The standard InChI is InChI=1S/C13H14ClN6O3.C12H11ClN6O3.C11H13ClN6O2.C9H7ClFN5O2.C9H12ClN2O2.C6H3ClFNO2.C6H5ClFN/c1-20(2,3)9-5-4-7(6-8(9)14)19-12(18-22-13(19)21)10-11(15)17-23-16-10;1-18(2)8-4-3-6(5-7(8)13)19-11(17-21-12(19)20)9-10(14)16-22-15-9;1-18(2)8-4-3-6(5-7(8)12)14-11(15-19)9-10(13)17-20-16-9;10-5-3-4(1-2-6(5)11)13-9(14-17)7-8(12)16-18-15-7;1-12(2,3)9-5-4-7(11(13)14)6-8(9)10;7-5-3-4(9(10)11)1-2-6(5)8;7-5-3-4(9)1-2-6(5)8/h4-6H,1-3H3,(H2,15,17);3-5H,1-2H3,(H2,14,16);3-5,19H,1-2H3,(H2,13,17)(H,14,15);1-3,17H,(H2,12,16)(H,13,14);4-6H,1-3H3;1-3H;1-3H,9H2/q+1;;;;+1;;/i;;;11-1;;2*8-1. The number of non-ortho nitro benzene ring substituents is 2. The molecule has 6 heterocycles.